The average molecular weight is 441 g/mol. The summed E-state index contributed by atoms with van der Waals surface area (Å²) in [7, 11) is 1.57. The number of hydrogen-bond donors (Lipinski definition) is 2. The highest BCUT2D eigenvalue weighted by molar-refractivity contribution is 5.96. The number of aromatic amines is 1. The van der Waals surface area contributed by atoms with Gasteiger partial charge in [0.25, 0.3) is 5.56 Å². The molecule has 0 aliphatic carbocycles. The predicted octanol–water partition coefficient (Wildman–Crippen LogP) is 2.60. The molecule has 3 N–H and O–H groups in total. The molecule has 9 heteroatoms. The van der Waals surface area contributed by atoms with E-state index in [1.165, 1.54) is 15.7 Å². The van der Waals surface area contributed by atoms with Gasteiger partial charge in [0.2, 0.25) is 5.91 Å². The Morgan fingerprint density at radius 1 is 1.28 bits per heavy atom. The van der Waals surface area contributed by atoms with Gasteiger partial charge in [-0.1, -0.05) is 25.5 Å². The molecule has 1 aromatic carbocycles. The Morgan fingerprint density at radius 2 is 2.06 bits per heavy atom. The van der Waals surface area contributed by atoms with Crippen molar-refractivity contribution in [3.05, 3.63) is 74.3 Å². The lowest BCUT2D eigenvalue weighted by molar-refractivity contribution is -0.118. The number of carbonyl (C=O) groups is 1. The van der Waals surface area contributed by atoms with Crippen LogP contribution in [0.5, 0.6) is 5.75 Å². The van der Waals surface area contributed by atoms with Crippen molar-refractivity contribution in [3.63, 3.8) is 0 Å². The summed E-state index contributed by atoms with van der Waals surface area (Å²) >= 11 is 0. The number of aromatic nitrogens is 2. The van der Waals surface area contributed by atoms with E-state index in [0.717, 1.165) is 17.5 Å². The molecule has 0 saturated carbocycles. The van der Waals surface area contributed by atoms with E-state index in [1.807, 2.05) is 26.0 Å². The van der Waals surface area contributed by atoms with Gasteiger partial charge in [-0.3, -0.25) is 24.0 Å². The number of benzene rings is 1. The van der Waals surface area contributed by atoms with Crippen molar-refractivity contribution in [2.45, 2.75) is 46.2 Å². The number of nitrogen functional groups attached to an aromatic ring is 1. The Balaban J connectivity index is 2.04. The van der Waals surface area contributed by atoms with E-state index in [4.69, 9.17) is 14.9 Å². The van der Waals surface area contributed by atoms with Crippen LogP contribution < -0.4 is 26.6 Å². The molecule has 0 radical (unpaired) electrons. The molecule has 170 valence electrons. The molecule has 0 aliphatic rings. The van der Waals surface area contributed by atoms with Crippen LogP contribution >= 0.6 is 0 Å². The largest absolute Gasteiger partial charge is 0.496 e. The fraction of sp³-hybridized carbons (Fsp3) is 0.348. The molecule has 9 nitrogen and oxygen atoms in total. The highest BCUT2D eigenvalue weighted by Gasteiger charge is 2.25. The number of anilines is 2. The Morgan fingerprint density at radius 3 is 2.72 bits per heavy atom. The lowest BCUT2D eigenvalue weighted by Gasteiger charge is -2.24. The van der Waals surface area contributed by atoms with Gasteiger partial charge in [0.1, 0.15) is 17.3 Å². The highest BCUT2D eigenvalue weighted by atomic mass is 16.5. The van der Waals surface area contributed by atoms with Gasteiger partial charge in [0, 0.05) is 6.54 Å². The van der Waals surface area contributed by atoms with Crippen LogP contribution in [0.3, 0.4) is 0 Å². The molecule has 3 rings (SSSR count). The van der Waals surface area contributed by atoms with E-state index < -0.39 is 11.2 Å². The number of H-pyrrole nitrogens is 1. The fourth-order valence-electron chi connectivity index (χ4n) is 3.47. The number of amides is 1. The molecule has 0 aliphatic heterocycles. The first kappa shape index (κ1) is 22.9. The number of carbonyl (C=O) groups excluding carboxylic acids is 1. The maximum atomic E-state index is 13.4. The normalized spacial score (nSPS) is 10.8. The second-order valence-corrected chi connectivity index (χ2v) is 7.54. The molecule has 2 heterocycles. The maximum absolute atomic E-state index is 13.4. The lowest BCUT2D eigenvalue weighted by Crippen LogP contribution is -2.41. The number of ether oxygens (including phenoxy) is 1. The zero-order chi connectivity index (χ0) is 23.3. The van der Waals surface area contributed by atoms with Crippen LogP contribution in [0.2, 0.25) is 0 Å². The lowest BCUT2D eigenvalue weighted by atomic mass is 10.1. The third-order valence-corrected chi connectivity index (χ3v) is 5.24. The van der Waals surface area contributed by atoms with E-state index in [-0.39, 0.29) is 30.4 Å². The first-order valence-electron chi connectivity index (χ1n) is 10.4. The second kappa shape index (κ2) is 10.0. The van der Waals surface area contributed by atoms with Gasteiger partial charge in [0.15, 0.2) is 5.69 Å². The molecule has 32 heavy (non-hydrogen) atoms. The Bertz CT molecular complexity index is 1190. The molecule has 0 saturated heterocycles. The van der Waals surface area contributed by atoms with Crippen LogP contribution in [0.15, 0.2) is 50.6 Å². The number of rotatable bonds is 9. The Kier molecular flexibility index (Phi) is 7.19. The number of furan rings is 1. The van der Waals surface area contributed by atoms with Gasteiger partial charge >= 0.3 is 5.69 Å². The van der Waals surface area contributed by atoms with Crippen LogP contribution in [0.1, 0.15) is 36.7 Å². The standard InChI is InChI=1S/C23H28N4O5/c1-4-5-10-26-21(24)20(22(29)25-23(26)30)27(14-17-7-6-11-32-17)19(28)13-16-9-8-15(2)18(12-16)31-3/h6-9,11-12H,4-5,10,13-14,24H2,1-3H3,(H,25,29,30). The number of methoxy groups -OCH3 is 1. The number of nitrogens with two attached hydrogens (primary N) is 1. The smallest absolute Gasteiger partial charge is 0.330 e. The van der Waals surface area contributed by atoms with Crippen molar-refractivity contribution in [2.24, 2.45) is 0 Å². The minimum Gasteiger partial charge on any atom is -0.496 e. The number of nitrogens with one attached hydrogen (secondary N) is 1. The molecule has 0 unspecified atom stereocenters. The van der Waals surface area contributed by atoms with E-state index in [0.29, 0.717) is 24.5 Å². The topological polar surface area (TPSA) is 124 Å². The molecule has 3 aromatic rings. The quantitative estimate of drug-likeness (QED) is 0.527. The molecular weight excluding hydrogens is 412 g/mol. The number of aryl methyl sites for hydroxylation is 1. The SMILES string of the molecule is CCCCn1c(N)c(N(Cc2ccco2)C(=O)Cc2ccc(C)c(OC)c2)c(=O)[nH]c1=O. The zero-order valence-corrected chi connectivity index (χ0v) is 18.5. The van der Waals surface area contributed by atoms with Crippen molar-refractivity contribution in [2.75, 3.05) is 17.7 Å². The molecule has 2 aromatic heterocycles. The summed E-state index contributed by atoms with van der Waals surface area (Å²) in [6.45, 7) is 4.22. The first-order chi connectivity index (χ1) is 15.3. The fourth-order valence-corrected chi connectivity index (χ4v) is 3.47. The van der Waals surface area contributed by atoms with Crippen LogP contribution in [0.4, 0.5) is 11.5 Å². The van der Waals surface area contributed by atoms with Crippen molar-refractivity contribution in [3.8, 4) is 5.75 Å². The van der Waals surface area contributed by atoms with Crippen LogP contribution in [0.25, 0.3) is 0 Å². The monoisotopic (exact) mass is 440 g/mol. The van der Waals surface area contributed by atoms with Gasteiger partial charge in [-0.15, -0.1) is 0 Å². The maximum Gasteiger partial charge on any atom is 0.330 e. The molecule has 0 fully saturated rings. The van der Waals surface area contributed by atoms with E-state index >= 15 is 0 Å². The molecule has 0 spiro atoms. The van der Waals surface area contributed by atoms with Gasteiger partial charge in [0.05, 0.1) is 26.3 Å². The summed E-state index contributed by atoms with van der Waals surface area (Å²) in [4.78, 5) is 42.0. The summed E-state index contributed by atoms with van der Waals surface area (Å²) in [6, 6.07) is 8.88. The minimum absolute atomic E-state index is 0.00428. The number of unbranched alkanes of at least 4 members (excludes halogenated alkanes) is 1. The van der Waals surface area contributed by atoms with E-state index in [9.17, 15) is 14.4 Å². The third kappa shape index (κ3) is 4.93. The van der Waals surface area contributed by atoms with Gasteiger partial charge in [-0.25, -0.2) is 4.79 Å². The summed E-state index contributed by atoms with van der Waals surface area (Å²) in [5.41, 5.74) is 6.53. The van der Waals surface area contributed by atoms with E-state index in [1.54, 1.807) is 25.3 Å². The van der Waals surface area contributed by atoms with Gasteiger partial charge in [-0.05, 0) is 42.7 Å². The number of nitrogens with zero attached hydrogens (tertiary/aromatic N) is 2. The highest BCUT2D eigenvalue weighted by Crippen LogP contribution is 2.23. The first-order valence-corrected chi connectivity index (χ1v) is 10.4. The van der Waals surface area contributed by atoms with Crippen LogP contribution in [0, 0.1) is 6.92 Å². The molecule has 0 bridgehead atoms. The van der Waals surface area contributed by atoms with Crippen molar-refractivity contribution in [1.82, 2.24) is 9.55 Å². The second-order valence-electron chi connectivity index (χ2n) is 7.54. The summed E-state index contributed by atoms with van der Waals surface area (Å²) in [6.07, 6.45) is 3.03. The average Bonchev–Trinajstić information content (AvgIpc) is 3.27. The van der Waals surface area contributed by atoms with Crippen molar-refractivity contribution in [1.29, 1.82) is 0 Å². The molecule has 1 amide bonds. The Hall–Kier alpha value is -3.75. The minimum atomic E-state index is -0.721. The molecular formula is C23H28N4O5. The summed E-state index contributed by atoms with van der Waals surface area (Å²) in [5.74, 6) is 0.724. The van der Waals surface area contributed by atoms with Crippen LogP contribution in [-0.4, -0.2) is 22.6 Å². The third-order valence-electron chi connectivity index (χ3n) is 5.24. The van der Waals surface area contributed by atoms with Gasteiger partial charge in [-0.2, -0.15) is 0 Å². The Labute approximate surface area is 185 Å². The summed E-state index contributed by atoms with van der Waals surface area (Å²) < 4.78 is 12.0. The molecule has 0 atom stereocenters. The van der Waals surface area contributed by atoms with Crippen LogP contribution in [-0.2, 0) is 24.3 Å². The van der Waals surface area contributed by atoms with Crippen molar-refractivity contribution < 1.29 is 13.9 Å². The van der Waals surface area contributed by atoms with Crippen molar-refractivity contribution >= 4 is 17.4 Å². The number of hydrogen-bond acceptors (Lipinski definition) is 6. The predicted molar refractivity (Wildman–Crippen MR) is 122 cm³/mol. The zero-order valence-electron chi connectivity index (χ0n) is 18.5. The summed E-state index contributed by atoms with van der Waals surface area (Å²) in [5, 5.41) is 0. The van der Waals surface area contributed by atoms with E-state index in [2.05, 4.69) is 4.98 Å². The van der Waals surface area contributed by atoms with Gasteiger partial charge < -0.3 is 14.9 Å².